The SMILES string of the molecule is Cc1cccc(-c2ccc(N(c3cccc(-c4cccc(-c5cc(C(C)(C)C)cc(C(C)(C)C)c5)c4)c3)c3ccc4c(c3)C(C)(C)c3ccccc3-4)cc2)c1. The minimum absolute atomic E-state index is 0.0548. The molecule has 8 rings (SSSR count). The number of hydrogen-bond acceptors (Lipinski definition) is 1. The molecule has 7 aromatic carbocycles. The average Bonchev–Trinajstić information content (AvgIpc) is 3.40. The highest BCUT2D eigenvalue weighted by atomic mass is 15.1. The number of aryl methyl sites for hydroxylation is 1. The van der Waals surface area contributed by atoms with Gasteiger partial charge in [-0.3, -0.25) is 0 Å². The first-order chi connectivity index (χ1) is 26.2. The quantitative estimate of drug-likeness (QED) is 0.166. The molecule has 0 saturated carbocycles. The number of rotatable bonds is 6. The first kappa shape index (κ1) is 36.3. The van der Waals surface area contributed by atoms with Crippen molar-refractivity contribution in [2.75, 3.05) is 4.90 Å². The first-order valence-corrected chi connectivity index (χ1v) is 19.8. The van der Waals surface area contributed by atoms with Crippen LogP contribution in [0.2, 0.25) is 0 Å². The van der Waals surface area contributed by atoms with Crippen LogP contribution in [0, 0.1) is 6.92 Å². The number of benzene rings is 7. The molecule has 274 valence electrons. The van der Waals surface area contributed by atoms with Crippen LogP contribution in [-0.2, 0) is 16.2 Å². The molecule has 1 aliphatic carbocycles. The zero-order valence-electron chi connectivity index (χ0n) is 34.0. The van der Waals surface area contributed by atoms with Gasteiger partial charge in [-0.15, -0.1) is 0 Å². The molecule has 0 spiro atoms. The Bertz CT molecular complexity index is 2500. The summed E-state index contributed by atoms with van der Waals surface area (Å²) in [5.74, 6) is 0. The van der Waals surface area contributed by atoms with E-state index in [0.29, 0.717) is 0 Å². The maximum atomic E-state index is 2.43. The Labute approximate surface area is 329 Å². The van der Waals surface area contributed by atoms with Gasteiger partial charge in [-0.1, -0.05) is 176 Å². The first-order valence-electron chi connectivity index (χ1n) is 19.8. The smallest absolute Gasteiger partial charge is 0.0467 e. The lowest BCUT2D eigenvalue weighted by Crippen LogP contribution is -2.16. The predicted octanol–water partition coefficient (Wildman–Crippen LogP) is 15.4. The fourth-order valence-electron chi connectivity index (χ4n) is 8.27. The molecule has 55 heavy (non-hydrogen) atoms. The van der Waals surface area contributed by atoms with Crippen molar-refractivity contribution in [3.05, 3.63) is 186 Å². The largest absolute Gasteiger partial charge is 0.310 e. The molecule has 0 aromatic heterocycles. The van der Waals surface area contributed by atoms with Crippen molar-refractivity contribution in [2.24, 2.45) is 0 Å². The van der Waals surface area contributed by atoms with Crippen molar-refractivity contribution in [1.82, 2.24) is 0 Å². The van der Waals surface area contributed by atoms with E-state index in [1.165, 1.54) is 72.3 Å². The fraction of sp³-hybridized carbons (Fsp3) is 0.222. The van der Waals surface area contributed by atoms with Gasteiger partial charge in [0, 0.05) is 22.5 Å². The molecule has 0 radical (unpaired) electrons. The molecule has 0 amide bonds. The van der Waals surface area contributed by atoms with Crippen LogP contribution in [0.25, 0.3) is 44.5 Å². The molecule has 0 fully saturated rings. The summed E-state index contributed by atoms with van der Waals surface area (Å²) in [4.78, 5) is 2.43. The summed E-state index contributed by atoms with van der Waals surface area (Å²) in [5.41, 5.74) is 20.2. The van der Waals surface area contributed by atoms with E-state index in [9.17, 15) is 0 Å². The minimum atomic E-state index is -0.0952. The molecule has 0 aliphatic heterocycles. The van der Waals surface area contributed by atoms with E-state index in [1.807, 2.05) is 0 Å². The molecule has 0 bridgehead atoms. The van der Waals surface area contributed by atoms with Crippen LogP contribution in [0.4, 0.5) is 17.1 Å². The van der Waals surface area contributed by atoms with Crippen molar-refractivity contribution in [2.45, 2.75) is 78.6 Å². The monoisotopic (exact) mass is 715 g/mol. The van der Waals surface area contributed by atoms with Crippen molar-refractivity contribution < 1.29 is 0 Å². The van der Waals surface area contributed by atoms with Gasteiger partial charge in [0.25, 0.3) is 0 Å². The molecular formula is C54H53N. The maximum absolute atomic E-state index is 2.43. The van der Waals surface area contributed by atoms with E-state index in [1.54, 1.807) is 0 Å². The van der Waals surface area contributed by atoms with E-state index in [0.717, 1.165) is 17.1 Å². The Balaban J connectivity index is 1.24. The number of hydrogen-bond donors (Lipinski definition) is 0. The summed E-state index contributed by atoms with van der Waals surface area (Å²) >= 11 is 0. The third-order valence-electron chi connectivity index (χ3n) is 11.6. The second-order valence-electron chi connectivity index (χ2n) is 18.1. The van der Waals surface area contributed by atoms with Crippen molar-refractivity contribution in [3.8, 4) is 44.5 Å². The molecule has 0 saturated heterocycles. The Kier molecular flexibility index (Phi) is 8.96. The van der Waals surface area contributed by atoms with Crippen LogP contribution >= 0.6 is 0 Å². The van der Waals surface area contributed by atoms with Gasteiger partial charge in [-0.05, 0) is 127 Å². The maximum Gasteiger partial charge on any atom is 0.0467 e. The van der Waals surface area contributed by atoms with Crippen LogP contribution in [0.5, 0.6) is 0 Å². The molecule has 0 N–H and O–H groups in total. The predicted molar refractivity (Wildman–Crippen MR) is 237 cm³/mol. The zero-order chi connectivity index (χ0) is 38.7. The Morgan fingerprint density at radius 3 is 1.56 bits per heavy atom. The van der Waals surface area contributed by atoms with Gasteiger partial charge in [-0.25, -0.2) is 0 Å². The highest BCUT2D eigenvalue weighted by Gasteiger charge is 2.35. The van der Waals surface area contributed by atoms with Crippen molar-refractivity contribution >= 4 is 17.1 Å². The molecule has 0 atom stereocenters. The average molecular weight is 716 g/mol. The standard InChI is InChI=1S/C54H53N/c1-36-15-12-16-38(29-36)37-23-25-45(26-24-37)55(47-27-28-49-48-21-10-11-22-50(48)54(8,9)51(49)35-47)46-20-14-19-41(33-46)39-17-13-18-40(30-39)42-31-43(52(2,3)4)34-44(32-42)53(5,6)7/h10-35H,1-9H3. The van der Waals surface area contributed by atoms with Gasteiger partial charge in [0.1, 0.15) is 0 Å². The van der Waals surface area contributed by atoms with E-state index in [4.69, 9.17) is 0 Å². The lowest BCUT2D eigenvalue weighted by atomic mass is 9.79. The van der Waals surface area contributed by atoms with Crippen LogP contribution in [0.15, 0.2) is 158 Å². The Morgan fingerprint density at radius 2 is 0.909 bits per heavy atom. The van der Waals surface area contributed by atoms with Crippen molar-refractivity contribution in [3.63, 3.8) is 0 Å². The normalized spacial score (nSPS) is 13.3. The molecule has 1 nitrogen and oxygen atoms in total. The van der Waals surface area contributed by atoms with Crippen LogP contribution in [0.1, 0.15) is 83.2 Å². The molecule has 7 aromatic rings. The molecule has 1 aliphatic rings. The lowest BCUT2D eigenvalue weighted by Gasteiger charge is -2.28. The van der Waals surface area contributed by atoms with E-state index in [-0.39, 0.29) is 16.2 Å². The van der Waals surface area contributed by atoms with Crippen LogP contribution in [0.3, 0.4) is 0 Å². The second-order valence-corrected chi connectivity index (χ2v) is 18.1. The highest BCUT2D eigenvalue weighted by molar-refractivity contribution is 5.87. The van der Waals surface area contributed by atoms with E-state index >= 15 is 0 Å². The van der Waals surface area contributed by atoms with Crippen molar-refractivity contribution in [1.29, 1.82) is 0 Å². The third kappa shape index (κ3) is 6.94. The van der Waals surface area contributed by atoms with Gasteiger partial charge in [0.05, 0.1) is 0 Å². The van der Waals surface area contributed by atoms with E-state index in [2.05, 4.69) is 225 Å². The molecule has 0 heterocycles. The van der Waals surface area contributed by atoms with Crippen LogP contribution < -0.4 is 4.90 Å². The molecule has 1 heteroatoms. The summed E-state index contributed by atoms with van der Waals surface area (Å²) in [6, 6.07) is 59.1. The highest BCUT2D eigenvalue weighted by Crippen LogP contribution is 2.51. The van der Waals surface area contributed by atoms with Gasteiger partial charge in [-0.2, -0.15) is 0 Å². The Hall–Kier alpha value is -5.66. The lowest BCUT2D eigenvalue weighted by molar-refractivity contribution is 0.569. The topological polar surface area (TPSA) is 3.24 Å². The zero-order valence-corrected chi connectivity index (χ0v) is 34.0. The molecular weight excluding hydrogens is 663 g/mol. The van der Waals surface area contributed by atoms with Gasteiger partial charge in [0.2, 0.25) is 0 Å². The third-order valence-corrected chi connectivity index (χ3v) is 11.6. The summed E-state index contributed by atoms with van der Waals surface area (Å²) in [5, 5.41) is 0. The number of nitrogens with zero attached hydrogens (tertiary/aromatic N) is 1. The second kappa shape index (κ2) is 13.6. The van der Waals surface area contributed by atoms with Gasteiger partial charge in [0.15, 0.2) is 0 Å². The van der Waals surface area contributed by atoms with Crippen LogP contribution in [-0.4, -0.2) is 0 Å². The summed E-state index contributed by atoms with van der Waals surface area (Å²) < 4.78 is 0. The minimum Gasteiger partial charge on any atom is -0.310 e. The summed E-state index contributed by atoms with van der Waals surface area (Å²) in [6.07, 6.45) is 0. The molecule has 0 unspecified atom stereocenters. The number of anilines is 3. The van der Waals surface area contributed by atoms with Gasteiger partial charge >= 0.3 is 0 Å². The fourth-order valence-corrected chi connectivity index (χ4v) is 8.27. The number of fused-ring (bicyclic) bond motifs is 3. The Morgan fingerprint density at radius 1 is 0.382 bits per heavy atom. The van der Waals surface area contributed by atoms with Gasteiger partial charge < -0.3 is 4.90 Å². The summed E-state index contributed by atoms with van der Waals surface area (Å²) in [6.45, 7) is 20.7. The van der Waals surface area contributed by atoms with E-state index < -0.39 is 0 Å². The summed E-state index contributed by atoms with van der Waals surface area (Å²) in [7, 11) is 0.